The number of carbonyl (C=O) groups is 2. The van der Waals surface area contributed by atoms with Crippen LogP contribution in [0.2, 0.25) is 5.02 Å². The van der Waals surface area contributed by atoms with Crippen molar-refractivity contribution in [3.05, 3.63) is 74.8 Å². The van der Waals surface area contributed by atoms with E-state index < -0.39 is 11.0 Å². The average Bonchev–Trinajstić information content (AvgIpc) is 2.80. The molecule has 2 aromatic rings. The Morgan fingerprint density at radius 2 is 1.67 bits per heavy atom. The van der Waals surface area contributed by atoms with Gasteiger partial charge >= 0.3 is 0 Å². The lowest BCUT2D eigenvalue weighted by Crippen LogP contribution is -2.51. The van der Waals surface area contributed by atoms with E-state index in [0.717, 1.165) is 17.5 Å². The smallest absolute Gasteiger partial charge is 0.269 e. The topological polar surface area (TPSA) is 92.6 Å². The number of thioether (sulfide) groups is 1. The lowest BCUT2D eigenvalue weighted by Gasteiger charge is -2.31. The number of hydrogen-bond acceptors (Lipinski definition) is 5. The number of non-ortho nitro benzene ring substituents is 1. The fourth-order valence-electron chi connectivity index (χ4n) is 3.20. The van der Waals surface area contributed by atoms with Crippen molar-refractivity contribution in [2.24, 2.45) is 0 Å². The van der Waals surface area contributed by atoms with E-state index in [0.29, 0.717) is 23.7 Å². The maximum absolute atomic E-state index is 13.2. The Bertz CT molecular complexity index is 938. The summed E-state index contributed by atoms with van der Waals surface area (Å²) in [6.07, 6.45) is 1.30. The molecule has 0 radical (unpaired) electrons. The lowest BCUT2D eigenvalue weighted by molar-refractivity contribution is -0.384. The summed E-state index contributed by atoms with van der Waals surface area (Å²) in [5.41, 5.74) is 1.82. The number of nitrogens with one attached hydrogen (secondary N) is 1. The first-order valence-corrected chi connectivity index (χ1v) is 12.4. The van der Waals surface area contributed by atoms with Gasteiger partial charge in [-0.1, -0.05) is 49.7 Å². The summed E-state index contributed by atoms with van der Waals surface area (Å²) >= 11 is 7.41. The predicted molar refractivity (Wildman–Crippen MR) is 133 cm³/mol. The van der Waals surface area contributed by atoms with Gasteiger partial charge in [0.2, 0.25) is 11.8 Å². The van der Waals surface area contributed by atoms with Crippen molar-refractivity contribution in [1.29, 1.82) is 0 Å². The highest BCUT2D eigenvalue weighted by Gasteiger charge is 2.29. The molecule has 0 fully saturated rings. The second kappa shape index (κ2) is 13.2. The number of nitrogens with zero attached hydrogens (tertiary/aromatic N) is 2. The van der Waals surface area contributed by atoms with Gasteiger partial charge < -0.3 is 10.2 Å². The number of benzene rings is 2. The van der Waals surface area contributed by atoms with E-state index in [2.05, 4.69) is 5.32 Å². The van der Waals surface area contributed by atoms with Gasteiger partial charge in [0, 0.05) is 35.5 Å². The highest BCUT2D eigenvalue weighted by Crippen LogP contribution is 2.20. The number of nitro benzene ring substituents is 1. The zero-order valence-electron chi connectivity index (χ0n) is 19.1. The zero-order chi connectivity index (χ0) is 24.4. The van der Waals surface area contributed by atoms with Gasteiger partial charge in [-0.25, -0.2) is 0 Å². The Morgan fingerprint density at radius 1 is 1.06 bits per heavy atom. The summed E-state index contributed by atoms with van der Waals surface area (Å²) in [7, 11) is 0. The third kappa shape index (κ3) is 8.37. The molecule has 0 aromatic heterocycles. The van der Waals surface area contributed by atoms with E-state index in [1.54, 1.807) is 29.2 Å². The van der Waals surface area contributed by atoms with Gasteiger partial charge in [-0.15, -0.1) is 11.8 Å². The van der Waals surface area contributed by atoms with Gasteiger partial charge in [-0.05, 0) is 43.0 Å². The molecule has 7 nitrogen and oxygen atoms in total. The molecule has 0 aliphatic rings. The molecule has 0 unspecified atom stereocenters. The molecule has 0 saturated carbocycles. The molecule has 0 aliphatic carbocycles. The SMILES string of the molecule is CC[C@H](C)NC(=O)[C@H](CC)N(Cc1ccc(Cl)cc1)C(=O)CSCc1ccc([N+](=O)[O-])cc1. The molecule has 1 N–H and O–H groups in total. The van der Waals surface area contributed by atoms with Crippen LogP contribution in [0.1, 0.15) is 44.7 Å². The van der Waals surface area contributed by atoms with Gasteiger partial charge in [-0.3, -0.25) is 19.7 Å². The van der Waals surface area contributed by atoms with Crippen molar-refractivity contribution in [2.75, 3.05) is 5.75 Å². The van der Waals surface area contributed by atoms with E-state index in [9.17, 15) is 19.7 Å². The van der Waals surface area contributed by atoms with E-state index in [1.807, 2.05) is 32.9 Å². The lowest BCUT2D eigenvalue weighted by atomic mass is 10.1. The van der Waals surface area contributed by atoms with E-state index in [1.165, 1.54) is 23.9 Å². The van der Waals surface area contributed by atoms with Crippen LogP contribution in [0.3, 0.4) is 0 Å². The maximum atomic E-state index is 13.2. The van der Waals surface area contributed by atoms with Crippen molar-refractivity contribution in [3.63, 3.8) is 0 Å². The van der Waals surface area contributed by atoms with Crippen LogP contribution < -0.4 is 5.32 Å². The molecule has 0 saturated heterocycles. The quantitative estimate of drug-likeness (QED) is 0.325. The highest BCUT2D eigenvalue weighted by atomic mass is 35.5. The van der Waals surface area contributed by atoms with Crippen molar-refractivity contribution in [2.45, 2.75) is 58.0 Å². The van der Waals surface area contributed by atoms with Crippen molar-refractivity contribution in [1.82, 2.24) is 10.2 Å². The molecule has 0 spiro atoms. The standard InChI is InChI=1S/C24H30ClN3O4S/c1-4-17(3)26-24(30)22(5-2)27(14-18-6-10-20(25)11-7-18)23(29)16-33-15-19-8-12-21(13-9-19)28(31)32/h6-13,17,22H,4-5,14-16H2,1-3H3,(H,26,30)/t17-,22-/m0/s1. The Hall–Kier alpha value is -2.58. The van der Waals surface area contributed by atoms with Gasteiger partial charge in [0.25, 0.3) is 5.69 Å². The largest absolute Gasteiger partial charge is 0.352 e. The molecule has 33 heavy (non-hydrogen) atoms. The number of halogens is 1. The second-order valence-corrected chi connectivity index (χ2v) is 9.23. The van der Waals surface area contributed by atoms with E-state index in [-0.39, 0.29) is 29.3 Å². The van der Waals surface area contributed by atoms with Gasteiger partial charge in [0.15, 0.2) is 0 Å². The fraction of sp³-hybridized carbons (Fsp3) is 0.417. The summed E-state index contributed by atoms with van der Waals surface area (Å²) in [5.74, 6) is 0.434. The molecule has 178 valence electrons. The number of amides is 2. The molecular weight excluding hydrogens is 462 g/mol. The first kappa shape index (κ1) is 26.7. The molecule has 2 rings (SSSR count). The summed E-state index contributed by atoms with van der Waals surface area (Å²) in [5, 5.41) is 14.4. The minimum atomic E-state index is -0.581. The third-order valence-corrected chi connectivity index (χ3v) is 6.54. The van der Waals surface area contributed by atoms with Crippen molar-refractivity contribution in [3.8, 4) is 0 Å². The summed E-state index contributed by atoms with van der Waals surface area (Å²) < 4.78 is 0. The third-order valence-electron chi connectivity index (χ3n) is 5.29. The first-order chi connectivity index (χ1) is 15.7. The molecule has 0 aliphatic heterocycles. The minimum absolute atomic E-state index is 0.0237. The number of carbonyl (C=O) groups excluding carboxylic acids is 2. The predicted octanol–water partition coefficient (Wildman–Crippen LogP) is 5.20. The number of rotatable bonds is 12. The van der Waals surface area contributed by atoms with Crippen molar-refractivity contribution < 1.29 is 14.5 Å². The molecule has 9 heteroatoms. The Kier molecular flexibility index (Phi) is 10.7. The number of nitro groups is 1. The monoisotopic (exact) mass is 491 g/mol. The Labute approximate surface area is 204 Å². The minimum Gasteiger partial charge on any atom is -0.352 e. The fourth-order valence-corrected chi connectivity index (χ4v) is 4.20. The average molecular weight is 492 g/mol. The van der Waals surface area contributed by atoms with Crippen LogP contribution in [0.4, 0.5) is 5.69 Å². The van der Waals surface area contributed by atoms with Crippen LogP contribution in [-0.4, -0.2) is 39.5 Å². The molecule has 0 heterocycles. The summed E-state index contributed by atoms with van der Waals surface area (Å²) in [6, 6.07) is 13.0. The molecular formula is C24H30ClN3O4S. The Balaban J connectivity index is 2.11. The van der Waals surface area contributed by atoms with Crippen LogP contribution in [0.15, 0.2) is 48.5 Å². The van der Waals surface area contributed by atoms with E-state index in [4.69, 9.17) is 11.6 Å². The molecule has 2 aromatic carbocycles. The van der Waals surface area contributed by atoms with Crippen LogP contribution in [-0.2, 0) is 21.9 Å². The van der Waals surface area contributed by atoms with Crippen LogP contribution in [0.5, 0.6) is 0 Å². The molecule has 0 bridgehead atoms. The summed E-state index contributed by atoms with van der Waals surface area (Å²) in [4.78, 5) is 38.1. The molecule has 2 amide bonds. The van der Waals surface area contributed by atoms with Gasteiger partial charge in [0.05, 0.1) is 10.7 Å². The zero-order valence-corrected chi connectivity index (χ0v) is 20.7. The molecule has 2 atom stereocenters. The summed E-state index contributed by atoms with van der Waals surface area (Å²) in [6.45, 7) is 6.14. The Morgan fingerprint density at radius 3 is 2.21 bits per heavy atom. The van der Waals surface area contributed by atoms with Gasteiger partial charge in [-0.2, -0.15) is 0 Å². The maximum Gasteiger partial charge on any atom is 0.269 e. The van der Waals surface area contributed by atoms with E-state index >= 15 is 0 Å². The first-order valence-electron chi connectivity index (χ1n) is 10.9. The van der Waals surface area contributed by atoms with Crippen molar-refractivity contribution >= 4 is 40.9 Å². The normalized spacial score (nSPS) is 12.6. The van der Waals surface area contributed by atoms with Gasteiger partial charge in [0.1, 0.15) is 6.04 Å². The highest BCUT2D eigenvalue weighted by molar-refractivity contribution is 7.99. The second-order valence-electron chi connectivity index (χ2n) is 7.81. The van der Waals surface area contributed by atoms with Crippen LogP contribution in [0, 0.1) is 10.1 Å². The van der Waals surface area contributed by atoms with Crippen LogP contribution in [0.25, 0.3) is 0 Å². The van der Waals surface area contributed by atoms with Crippen LogP contribution >= 0.6 is 23.4 Å². The number of hydrogen-bond donors (Lipinski definition) is 1.